The molecule has 3 rings (SSSR count). The van der Waals surface area contributed by atoms with Crippen LogP contribution in [0, 0.1) is 0 Å². The summed E-state index contributed by atoms with van der Waals surface area (Å²) in [6, 6.07) is 7.67. The maximum atomic E-state index is 13.2. The Balaban J connectivity index is 1.91. The minimum Gasteiger partial charge on any atom is -0.370 e. The average molecular weight is 428 g/mol. The van der Waals surface area contributed by atoms with Gasteiger partial charge in [0.15, 0.2) is 0 Å². The molecule has 0 atom stereocenters. The van der Waals surface area contributed by atoms with Crippen molar-refractivity contribution in [3.63, 3.8) is 0 Å². The lowest BCUT2D eigenvalue weighted by Gasteiger charge is -2.31. The number of hydrogen-bond donors (Lipinski definition) is 2. The standard InChI is InChI=1S/C19H19F3N2O4S/c20-19(21,22)14-6-9-17(24-10-2-1-3-11-24)16(12-14)23-18(25)13-4-7-15(8-5-13)29(26,27)28/h4-9,12H,1-3,10-11H2,(H,23,25)(H,26,27,28). The molecule has 0 unspecified atom stereocenters. The van der Waals surface area contributed by atoms with Gasteiger partial charge in [-0.2, -0.15) is 21.6 Å². The van der Waals surface area contributed by atoms with Gasteiger partial charge in [-0.25, -0.2) is 0 Å². The molecule has 29 heavy (non-hydrogen) atoms. The molecule has 2 aromatic rings. The van der Waals surface area contributed by atoms with Crippen molar-refractivity contribution in [1.82, 2.24) is 0 Å². The lowest BCUT2D eigenvalue weighted by molar-refractivity contribution is -0.137. The number of alkyl halides is 3. The van der Waals surface area contributed by atoms with Gasteiger partial charge in [0.05, 0.1) is 21.8 Å². The van der Waals surface area contributed by atoms with Gasteiger partial charge in [0.1, 0.15) is 0 Å². The van der Waals surface area contributed by atoms with Crippen LogP contribution >= 0.6 is 0 Å². The number of halogens is 3. The van der Waals surface area contributed by atoms with E-state index in [9.17, 15) is 26.4 Å². The third kappa shape index (κ3) is 5.07. The van der Waals surface area contributed by atoms with Crippen LogP contribution in [0.4, 0.5) is 24.5 Å². The van der Waals surface area contributed by atoms with E-state index in [0.717, 1.165) is 43.5 Å². The van der Waals surface area contributed by atoms with Crippen molar-refractivity contribution in [2.75, 3.05) is 23.3 Å². The highest BCUT2D eigenvalue weighted by atomic mass is 32.2. The first-order valence-electron chi connectivity index (χ1n) is 8.91. The van der Waals surface area contributed by atoms with Gasteiger partial charge >= 0.3 is 6.18 Å². The Kier molecular flexibility index (Phi) is 5.85. The van der Waals surface area contributed by atoms with Gasteiger partial charge in [-0.3, -0.25) is 9.35 Å². The first kappa shape index (κ1) is 21.1. The van der Waals surface area contributed by atoms with Crippen molar-refractivity contribution in [3.8, 4) is 0 Å². The summed E-state index contributed by atoms with van der Waals surface area (Å²) in [7, 11) is -4.41. The van der Waals surface area contributed by atoms with E-state index in [4.69, 9.17) is 4.55 Å². The molecule has 1 heterocycles. The van der Waals surface area contributed by atoms with Crippen molar-refractivity contribution in [1.29, 1.82) is 0 Å². The van der Waals surface area contributed by atoms with Crippen LogP contribution in [-0.4, -0.2) is 32.0 Å². The van der Waals surface area contributed by atoms with E-state index in [1.807, 2.05) is 4.90 Å². The maximum absolute atomic E-state index is 13.2. The number of rotatable bonds is 4. The number of nitrogens with zero attached hydrogens (tertiary/aromatic N) is 1. The van der Waals surface area contributed by atoms with Crippen LogP contribution < -0.4 is 10.2 Å². The summed E-state index contributed by atoms with van der Waals surface area (Å²) in [6.07, 6.45) is -1.70. The number of piperidine rings is 1. The van der Waals surface area contributed by atoms with Crippen LogP contribution in [0.25, 0.3) is 0 Å². The third-order valence-electron chi connectivity index (χ3n) is 4.68. The Hall–Kier alpha value is -2.59. The number of benzene rings is 2. The summed E-state index contributed by atoms with van der Waals surface area (Å²) in [4.78, 5) is 14.1. The zero-order valence-corrected chi connectivity index (χ0v) is 16.1. The maximum Gasteiger partial charge on any atom is 0.416 e. The molecule has 0 spiro atoms. The normalized spacial score (nSPS) is 15.2. The van der Waals surface area contributed by atoms with Gasteiger partial charge in [-0.15, -0.1) is 0 Å². The summed E-state index contributed by atoms with van der Waals surface area (Å²) < 4.78 is 70.7. The molecule has 1 aliphatic rings. The van der Waals surface area contributed by atoms with Gasteiger partial charge in [0.25, 0.3) is 16.0 Å². The molecule has 0 aliphatic carbocycles. The molecule has 6 nitrogen and oxygen atoms in total. The molecule has 0 bridgehead atoms. The highest BCUT2D eigenvalue weighted by Gasteiger charge is 2.32. The molecule has 1 aliphatic heterocycles. The van der Waals surface area contributed by atoms with Gasteiger partial charge in [-0.1, -0.05) is 0 Å². The zero-order chi connectivity index (χ0) is 21.2. The van der Waals surface area contributed by atoms with Crippen LogP contribution in [0.5, 0.6) is 0 Å². The van der Waals surface area contributed by atoms with Crippen molar-refractivity contribution in [2.45, 2.75) is 30.3 Å². The van der Waals surface area contributed by atoms with Crippen LogP contribution in [0.15, 0.2) is 47.4 Å². The number of nitrogens with one attached hydrogen (secondary N) is 1. The lowest BCUT2D eigenvalue weighted by Crippen LogP contribution is -2.30. The monoisotopic (exact) mass is 428 g/mol. The van der Waals surface area contributed by atoms with E-state index >= 15 is 0 Å². The molecule has 10 heteroatoms. The van der Waals surface area contributed by atoms with E-state index in [2.05, 4.69) is 5.32 Å². The Morgan fingerprint density at radius 2 is 1.62 bits per heavy atom. The summed E-state index contributed by atoms with van der Waals surface area (Å²) in [5.41, 5.74) is -0.305. The van der Waals surface area contributed by atoms with E-state index in [1.165, 1.54) is 18.2 Å². The molecule has 2 aromatic carbocycles. The predicted molar refractivity (Wildman–Crippen MR) is 102 cm³/mol. The van der Waals surface area contributed by atoms with E-state index < -0.39 is 27.8 Å². The Morgan fingerprint density at radius 3 is 2.17 bits per heavy atom. The first-order valence-corrected chi connectivity index (χ1v) is 10.3. The molecular weight excluding hydrogens is 409 g/mol. The summed E-state index contributed by atoms with van der Waals surface area (Å²) >= 11 is 0. The smallest absolute Gasteiger partial charge is 0.370 e. The van der Waals surface area contributed by atoms with Crippen molar-refractivity contribution >= 4 is 27.4 Å². The fourth-order valence-corrected chi connectivity index (χ4v) is 3.68. The van der Waals surface area contributed by atoms with Crippen LogP contribution in [0.3, 0.4) is 0 Å². The Morgan fingerprint density at radius 1 is 1.00 bits per heavy atom. The van der Waals surface area contributed by atoms with Crippen molar-refractivity contribution in [2.24, 2.45) is 0 Å². The summed E-state index contributed by atoms with van der Waals surface area (Å²) in [5.74, 6) is -0.690. The minimum atomic E-state index is -4.56. The molecule has 2 N–H and O–H groups in total. The van der Waals surface area contributed by atoms with Crippen LogP contribution in [0.2, 0.25) is 0 Å². The molecule has 1 fully saturated rings. The molecule has 0 saturated carbocycles. The molecule has 1 amide bonds. The first-order chi connectivity index (χ1) is 13.6. The Bertz CT molecular complexity index is 999. The second-order valence-corrected chi connectivity index (χ2v) is 8.15. The number of hydrogen-bond acceptors (Lipinski definition) is 4. The fraction of sp³-hybridized carbons (Fsp3) is 0.316. The highest BCUT2D eigenvalue weighted by Crippen LogP contribution is 2.36. The predicted octanol–water partition coefficient (Wildman–Crippen LogP) is 4.19. The summed E-state index contributed by atoms with van der Waals surface area (Å²) in [5, 5.41) is 2.50. The SMILES string of the molecule is O=C(Nc1cc(C(F)(F)F)ccc1N1CCCCC1)c1ccc(S(=O)(=O)O)cc1. The largest absolute Gasteiger partial charge is 0.416 e. The van der Waals surface area contributed by atoms with Gasteiger partial charge in [0.2, 0.25) is 0 Å². The van der Waals surface area contributed by atoms with Gasteiger partial charge in [-0.05, 0) is 61.7 Å². The van der Waals surface area contributed by atoms with E-state index in [-0.39, 0.29) is 16.1 Å². The molecular formula is C19H19F3N2O4S. The third-order valence-corrected chi connectivity index (χ3v) is 5.55. The highest BCUT2D eigenvalue weighted by molar-refractivity contribution is 7.85. The zero-order valence-electron chi connectivity index (χ0n) is 15.2. The van der Waals surface area contributed by atoms with E-state index in [0.29, 0.717) is 18.8 Å². The molecule has 156 valence electrons. The minimum absolute atomic E-state index is 0.0329. The quantitative estimate of drug-likeness (QED) is 0.713. The number of amides is 1. The topological polar surface area (TPSA) is 86.7 Å². The fourth-order valence-electron chi connectivity index (χ4n) is 3.20. The number of carbonyl (C=O) groups is 1. The van der Waals surface area contributed by atoms with E-state index in [1.54, 1.807) is 0 Å². The van der Waals surface area contributed by atoms with Crippen LogP contribution in [-0.2, 0) is 16.3 Å². The average Bonchev–Trinajstić information content (AvgIpc) is 2.67. The molecule has 0 aromatic heterocycles. The van der Waals surface area contributed by atoms with Crippen molar-refractivity contribution < 1.29 is 30.9 Å². The second-order valence-electron chi connectivity index (χ2n) is 6.73. The Labute approximate surface area is 166 Å². The van der Waals surface area contributed by atoms with Gasteiger partial charge < -0.3 is 10.2 Å². The number of anilines is 2. The number of carbonyl (C=O) groups excluding carboxylic acids is 1. The lowest BCUT2D eigenvalue weighted by atomic mass is 10.1. The van der Waals surface area contributed by atoms with Crippen LogP contribution in [0.1, 0.15) is 35.2 Å². The van der Waals surface area contributed by atoms with Crippen molar-refractivity contribution in [3.05, 3.63) is 53.6 Å². The molecule has 1 saturated heterocycles. The summed E-state index contributed by atoms with van der Waals surface area (Å²) in [6.45, 7) is 1.36. The molecule has 0 radical (unpaired) electrons. The van der Waals surface area contributed by atoms with Gasteiger partial charge in [0, 0.05) is 18.7 Å². The second kappa shape index (κ2) is 8.03.